The SMILES string of the molecule is CO[C@]12CCC3(C[C@@H]1[C@](C)(O)c1cccc(F)c1)C1Cc4ccc(O)c5c4[C@@]3(CCN1CC1CC1)[C@@H]2O5. The van der Waals surface area contributed by atoms with E-state index in [0.29, 0.717) is 17.4 Å². The van der Waals surface area contributed by atoms with Crippen LogP contribution in [0.1, 0.15) is 62.1 Å². The zero-order valence-electron chi connectivity index (χ0n) is 21.7. The average molecular weight is 506 g/mol. The van der Waals surface area contributed by atoms with Gasteiger partial charge in [-0.25, -0.2) is 4.39 Å². The highest BCUT2D eigenvalue weighted by Gasteiger charge is 2.82. The Morgan fingerprint density at radius 1 is 1.19 bits per heavy atom. The van der Waals surface area contributed by atoms with E-state index in [4.69, 9.17) is 9.47 Å². The molecule has 5 aliphatic carbocycles. The van der Waals surface area contributed by atoms with Crippen LogP contribution in [0.5, 0.6) is 11.5 Å². The minimum absolute atomic E-state index is 0.0981. The average Bonchev–Trinajstić information content (AvgIpc) is 3.63. The van der Waals surface area contributed by atoms with Crippen LogP contribution in [-0.4, -0.2) is 53.1 Å². The molecule has 0 aromatic heterocycles. The van der Waals surface area contributed by atoms with Gasteiger partial charge in [-0.15, -0.1) is 0 Å². The Balaban J connectivity index is 1.35. The molecule has 4 saturated carbocycles. The van der Waals surface area contributed by atoms with Crippen LogP contribution >= 0.6 is 0 Å². The molecule has 4 bridgehead atoms. The Bertz CT molecular complexity index is 1310. The fraction of sp³-hybridized carbons (Fsp3) is 0.613. The normalized spacial score (nSPS) is 40.7. The van der Waals surface area contributed by atoms with Crippen molar-refractivity contribution in [1.29, 1.82) is 0 Å². The van der Waals surface area contributed by atoms with Crippen molar-refractivity contribution in [2.75, 3.05) is 20.2 Å². The lowest BCUT2D eigenvalue weighted by Crippen LogP contribution is -2.82. The van der Waals surface area contributed by atoms with Crippen molar-refractivity contribution in [3.05, 3.63) is 58.9 Å². The Morgan fingerprint density at radius 3 is 2.78 bits per heavy atom. The van der Waals surface area contributed by atoms with Crippen molar-refractivity contribution in [3.63, 3.8) is 0 Å². The predicted octanol–water partition coefficient (Wildman–Crippen LogP) is 4.66. The van der Waals surface area contributed by atoms with Gasteiger partial charge in [-0.05, 0) is 93.7 Å². The molecule has 0 amide bonds. The second-order valence-electron chi connectivity index (χ2n) is 13.1. The lowest BCUT2D eigenvalue weighted by Gasteiger charge is -2.75. The van der Waals surface area contributed by atoms with Crippen LogP contribution in [0.15, 0.2) is 36.4 Å². The van der Waals surface area contributed by atoms with Gasteiger partial charge >= 0.3 is 0 Å². The van der Waals surface area contributed by atoms with E-state index in [0.717, 1.165) is 51.1 Å². The number of methoxy groups -OCH3 is 1. The summed E-state index contributed by atoms with van der Waals surface area (Å²) in [5.41, 5.74) is 0.705. The maximum absolute atomic E-state index is 14.4. The van der Waals surface area contributed by atoms with Crippen LogP contribution in [0.4, 0.5) is 4.39 Å². The molecule has 2 aromatic carbocycles. The first-order chi connectivity index (χ1) is 17.8. The second-order valence-corrected chi connectivity index (χ2v) is 13.1. The first-order valence-corrected chi connectivity index (χ1v) is 14.1. The van der Waals surface area contributed by atoms with E-state index in [1.54, 1.807) is 19.2 Å². The van der Waals surface area contributed by atoms with Gasteiger partial charge in [0.1, 0.15) is 17.5 Å². The number of benzene rings is 2. The van der Waals surface area contributed by atoms with Crippen molar-refractivity contribution in [2.45, 2.75) is 80.6 Å². The maximum Gasteiger partial charge on any atom is 0.165 e. The molecule has 2 spiro atoms. The van der Waals surface area contributed by atoms with Gasteiger partial charge in [0.2, 0.25) is 0 Å². The molecule has 2 aromatic rings. The van der Waals surface area contributed by atoms with Crippen molar-refractivity contribution in [2.24, 2.45) is 17.3 Å². The number of nitrogens with zero attached hydrogens (tertiary/aromatic N) is 1. The summed E-state index contributed by atoms with van der Waals surface area (Å²) in [6.45, 7) is 4.01. The van der Waals surface area contributed by atoms with Crippen molar-refractivity contribution >= 4 is 0 Å². The number of halogens is 1. The van der Waals surface area contributed by atoms with Crippen LogP contribution in [0.3, 0.4) is 0 Å². The summed E-state index contributed by atoms with van der Waals surface area (Å²) in [4.78, 5) is 2.76. The highest BCUT2D eigenvalue weighted by molar-refractivity contribution is 5.63. The number of aromatic hydroxyl groups is 1. The quantitative estimate of drug-likeness (QED) is 0.619. The molecular formula is C31H36FNO4. The summed E-state index contributed by atoms with van der Waals surface area (Å²) in [6.07, 6.45) is 6.86. The van der Waals surface area contributed by atoms with Gasteiger partial charge < -0.3 is 19.7 Å². The summed E-state index contributed by atoms with van der Waals surface area (Å²) < 4.78 is 27.8. The number of likely N-dealkylation sites (tertiary alicyclic amines) is 1. The number of piperidine rings is 1. The van der Waals surface area contributed by atoms with Crippen LogP contribution in [0.2, 0.25) is 0 Å². The Hall–Kier alpha value is -2.15. The third-order valence-corrected chi connectivity index (χ3v) is 11.7. The van der Waals surface area contributed by atoms with E-state index in [2.05, 4.69) is 11.0 Å². The Labute approximate surface area is 217 Å². The number of hydrogen-bond donors (Lipinski definition) is 2. The van der Waals surface area contributed by atoms with E-state index in [-0.39, 0.29) is 34.4 Å². The predicted molar refractivity (Wildman–Crippen MR) is 136 cm³/mol. The van der Waals surface area contributed by atoms with Crippen LogP contribution in [0.25, 0.3) is 0 Å². The van der Waals surface area contributed by atoms with E-state index >= 15 is 0 Å². The molecule has 6 heteroatoms. The molecule has 7 aliphatic rings. The van der Waals surface area contributed by atoms with E-state index in [1.165, 1.54) is 36.1 Å². The second kappa shape index (κ2) is 7.08. The summed E-state index contributed by atoms with van der Waals surface area (Å²) in [5.74, 6) is 1.02. The molecule has 2 aliphatic heterocycles. The number of aliphatic hydroxyl groups is 1. The summed E-state index contributed by atoms with van der Waals surface area (Å²) in [5, 5.41) is 23.3. The molecule has 2 N–H and O–H groups in total. The highest BCUT2D eigenvalue weighted by Crippen LogP contribution is 2.78. The molecule has 2 heterocycles. The maximum atomic E-state index is 14.4. The van der Waals surface area contributed by atoms with E-state index < -0.39 is 11.2 Å². The summed E-state index contributed by atoms with van der Waals surface area (Å²) >= 11 is 0. The molecule has 9 rings (SSSR count). The molecule has 5 fully saturated rings. The topological polar surface area (TPSA) is 62.2 Å². The van der Waals surface area contributed by atoms with Crippen LogP contribution < -0.4 is 4.74 Å². The molecule has 7 atom stereocenters. The standard InChI is InChI=1S/C31H36FNO4/c1-28(35,20-4-3-5-21(32)15-20)23-16-29-10-11-31(23,36-2)27-30(29)12-13-33(17-18-6-7-18)24(29)14-19-8-9-22(34)26(37-27)25(19)30/h3-5,8-9,15,18,23-24,27,34-35H,6-7,10-14,16-17H2,1-2H3/t23-,24?,27+,28-,29?,30+,31-/m1/s1. The lowest BCUT2D eigenvalue weighted by atomic mass is 9.33. The van der Waals surface area contributed by atoms with Gasteiger partial charge in [0.15, 0.2) is 11.5 Å². The van der Waals surface area contributed by atoms with Gasteiger partial charge in [0.25, 0.3) is 0 Å². The third kappa shape index (κ3) is 2.56. The largest absolute Gasteiger partial charge is 0.504 e. The third-order valence-electron chi connectivity index (χ3n) is 11.7. The summed E-state index contributed by atoms with van der Waals surface area (Å²) in [6, 6.07) is 10.7. The number of fused-ring (bicyclic) bond motifs is 2. The van der Waals surface area contributed by atoms with Crippen molar-refractivity contribution in [1.82, 2.24) is 4.90 Å². The van der Waals surface area contributed by atoms with Gasteiger partial charge in [-0.2, -0.15) is 0 Å². The lowest BCUT2D eigenvalue weighted by molar-refractivity contribution is -0.304. The number of phenolic OH excluding ortho intramolecular Hbond substituents is 1. The number of hydrogen-bond acceptors (Lipinski definition) is 5. The number of phenols is 1. The van der Waals surface area contributed by atoms with Crippen LogP contribution in [-0.2, 0) is 22.2 Å². The van der Waals surface area contributed by atoms with Crippen molar-refractivity contribution in [3.8, 4) is 11.5 Å². The van der Waals surface area contributed by atoms with E-state index in [1.807, 2.05) is 13.0 Å². The zero-order valence-corrected chi connectivity index (χ0v) is 21.7. The first-order valence-electron chi connectivity index (χ1n) is 14.1. The fourth-order valence-corrected chi connectivity index (χ4v) is 10.1. The minimum atomic E-state index is -1.30. The molecule has 5 nitrogen and oxygen atoms in total. The number of rotatable bonds is 5. The van der Waals surface area contributed by atoms with Gasteiger partial charge in [-0.1, -0.05) is 18.2 Å². The van der Waals surface area contributed by atoms with Crippen LogP contribution in [0, 0.1) is 23.1 Å². The Morgan fingerprint density at radius 2 is 2.03 bits per heavy atom. The molecule has 37 heavy (non-hydrogen) atoms. The molecule has 1 saturated heterocycles. The van der Waals surface area contributed by atoms with Gasteiger partial charge in [0, 0.05) is 42.0 Å². The number of ether oxygens (including phenoxy) is 2. The van der Waals surface area contributed by atoms with E-state index in [9.17, 15) is 14.6 Å². The zero-order chi connectivity index (χ0) is 25.4. The molecule has 0 radical (unpaired) electrons. The van der Waals surface area contributed by atoms with Crippen molar-refractivity contribution < 1.29 is 24.1 Å². The molecule has 196 valence electrons. The smallest absolute Gasteiger partial charge is 0.165 e. The minimum Gasteiger partial charge on any atom is -0.504 e. The molecular weight excluding hydrogens is 469 g/mol. The first kappa shape index (κ1) is 22.8. The molecule has 2 unspecified atom stereocenters. The summed E-state index contributed by atoms with van der Waals surface area (Å²) in [7, 11) is 1.75. The van der Waals surface area contributed by atoms with Gasteiger partial charge in [-0.3, -0.25) is 4.90 Å². The highest BCUT2D eigenvalue weighted by atomic mass is 19.1. The van der Waals surface area contributed by atoms with Gasteiger partial charge in [0.05, 0.1) is 5.60 Å². The Kier molecular flexibility index (Phi) is 4.36. The monoisotopic (exact) mass is 505 g/mol. The fourth-order valence-electron chi connectivity index (χ4n) is 10.1.